The van der Waals surface area contributed by atoms with Crippen molar-refractivity contribution in [2.24, 2.45) is 5.92 Å². The van der Waals surface area contributed by atoms with E-state index in [-0.39, 0.29) is 11.5 Å². The molecular formula is C18H16Cl2N2OS. The standard InChI is InChI=1S/C18H16Cl2N2OS/c1-2-22-16(23)14-7-11-5-3-4-6-12(11)8-15(14)21-17(22)24-10-13-9-18(13,19)20/h3-8,13H,2,9-10H2,1H3/t13-/m0/s1. The molecular weight excluding hydrogens is 363 g/mol. The summed E-state index contributed by atoms with van der Waals surface area (Å²) in [6.07, 6.45) is 0.803. The summed E-state index contributed by atoms with van der Waals surface area (Å²) in [6.45, 7) is 2.55. The zero-order valence-corrected chi connectivity index (χ0v) is 15.5. The van der Waals surface area contributed by atoms with E-state index < -0.39 is 4.33 Å². The van der Waals surface area contributed by atoms with E-state index in [9.17, 15) is 4.79 Å². The van der Waals surface area contributed by atoms with Gasteiger partial charge in [0.15, 0.2) is 5.16 Å². The first-order valence-electron chi connectivity index (χ1n) is 7.93. The highest BCUT2D eigenvalue weighted by molar-refractivity contribution is 7.99. The number of alkyl halides is 2. The maximum absolute atomic E-state index is 12.9. The minimum Gasteiger partial charge on any atom is -0.287 e. The highest BCUT2D eigenvalue weighted by Gasteiger charge is 2.51. The molecule has 4 rings (SSSR count). The fourth-order valence-electron chi connectivity index (χ4n) is 2.90. The van der Waals surface area contributed by atoms with E-state index in [0.29, 0.717) is 11.9 Å². The Kier molecular flexibility index (Phi) is 4.02. The van der Waals surface area contributed by atoms with Crippen LogP contribution < -0.4 is 5.56 Å². The third-order valence-electron chi connectivity index (χ3n) is 4.47. The molecule has 3 aromatic rings. The molecule has 2 aromatic carbocycles. The Morgan fingerprint density at radius 3 is 2.58 bits per heavy atom. The number of rotatable bonds is 4. The van der Waals surface area contributed by atoms with Crippen molar-refractivity contribution in [2.45, 2.75) is 29.4 Å². The third kappa shape index (κ3) is 2.81. The quantitative estimate of drug-likeness (QED) is 0.281. The molecule has 0 aliphatic heterocycles. The molecule has 1 aromatic heterocycles. The average Bonchev–Trinajstić information content (AvgIpc) is 3.18. The summed E-state index contributed by atoms with van der Waals surface area (Å²) in [5, 5.41) is 3.54. The van der Waals surface area contributed by atoms with Gasteiger partial charge >= 0.3 is 0 Å². The molecule has 24 heavy (non-hydrogen) atoms. The van der Waals surface area contributed by atoms with Crippen LogP contribution in [0.25, 0.3) is 21.7 Å². The summed E-state index contributed by atoms with van der Waals surface area (Å²) in [5.74, 6) is 1.04. The maximum Gasteiger partial charge on any atom is 0.262 e. The minimum atomic E-state index is -0.600. The highest BCUT2D eigenvalue weighted by atomic mass is 35.5. The molecule has 1 aliphatic carbocycles. The van der Waals surface area contributed by atoms with Gasteiger partial charge in [-0.25, -0.2) is 4.98 Å². The minimum absolute atomic E-state index is 0.00885. The number of nitrogens with zero attached hydrogens (tertiary/aromatic N) is 2. The van der Waals surface area contributed by atoms with Crippen LogP contribution in [-0.4, -0.2) is 19.6 Å². The molecule has 0 spiro atoms. The molecule has 1 atom stereocenters. The molecule has 0 radical (unpaired) electrons. The second-order valence-electron chi connectivity index (χ2n) is 6.13. The van der Waals surface area contributed by atoms with Crippen LogP contribution in [0.4, 0.5) is 0 Å². The van der Waals surface area contributed by atoms with Gasteiger partial charge in [0.1, 0.15) is 4.33 Å². The van der Waals surface area contributed by atoms with Crippen molar-refractivity contribution in [2.75, 3.05) is 5.75 Å². The molecule has 1 aliphatic rings. The lowest BCUT2D eigenvalue weighted by molar-refractivity contribution is 0.634. The highest BCUT2D eigenvalue weighted by Crippen LogP contribution is 2.54. The second kappa shape index (κ2) is 5.94. The topological polar surface area (TPSA) is 34.9 Å². The van der Waals surface area contributed by atoms with Crippen LogP contribution in [0.5, 0.6) is 0 Å². The van der Waals surface area contributed by atoms with Crippen molar-refractivity contribution in [3.63, 3.8) is 0 Å². The molecule has 0 unspecified atom stereocenters. The summed E-state index contributed by atoms with van der Waals surface area (Å²) >= 11 is 13.8. The number of halogens is 2. The summed E-state index contributed by atoms with van der Waals surface area (Å²) < 4.78 is 1.13. The fraction of sp³-hybridized carbons (Fsp3) is 0.333. The number of benzene rings is 2. The number of hydrogen-bond donors (Lipinski definition) is 0. The van der Waals surface area contributed by atoms with E-state index in [1.54, 1.807) is 16.3 Å². The Balaban J connectivity index is 1.81. The predicted molar refractivity (Wildman–Crippen MR) is 102 cm³/mol. The summed E-state index contributed by atoms with van der Waals surface area (Å²) in [6, 6.07) is 11.9. The number of aromatic nitrogens is 2. The number of hydrogen-bond acceptors (Lipinski definition) is 3. The molecule has 0 amide bonds. The molecule has 1 heterocycles. The number of thioether (sulfide) groups is 1. The third-order valence-corrected chi connectivity index (χ3v) is 6.54. The monoisotopic (exact) mass is 378 g/mol. The van der Waals surface area contributed by atoms with Gasteiger partial charge in [0, 0.05) is 18.2 Å². The Hall–Kier alpha value is -1.23. The molecule has 0 saturated heterocycles. The van der Waals surface area contributed by atoms with Gasteiger partial charge in [0.05, 0.1) is 10.9 Å². The molecule has 1 fully saturated rings. The molecule has 1 saturated carbocycles. The molecule has 3 nitrogen and oxygen atoms in total. The van der Waals surface area contributed by atoms with Gasteiger partial charge in [-0.3, -0.25) is 9.36 Å². The van der Waals surface area contributed by atoms with Crippen molar-refractivity contribution in [3.05, 3.63) is 46.8 Å². The van der Waals surface area contributed by atoms with Gasteiger partial charge in [-0.1, -0.05) is 36.0 Å². The SMILES string of the molecule is CCn1c(SC[C@@H]2CC2(Cl)Cl)nc2cc3ccccc3cc2c1=O. The lowest BCUT2D eigenvalue weighted by atomic mass is 10.1. The summed E-state index contributed by atoms with van der Waals surface area (Å²) in [4.78, 5) is 17.6. The smallest absolute Gasteiger partial charge is 0.262 e. The van der Waals surface area contributed by atoms with Gasteiger partial charge in [-0.15, -0.1) is 23.2 Å². The van der Waals surface area contributed by atoms with Crippen molar-refractivity contribution < 1.29 is 0 Å². The average molecular weight is 379 g/mol. The fourth-order valence-corrected chi connectivity index (χ4v) is 4.90. The Bertz CT molecular complexity index is 999. The van der Waals surface area contributed by atoms with Crippen molar-refractivity contribution in [1.82, 2.24) is 9.55 Å². The first-order chi connectivity index (χ1) is 11.5. The van der Waals surface area contributed by atoms with Gasteiger partial charge in [-0.2, -0.15) is 0 Å². The normalized spacial score (nSPS) is 19.0. The van der Waals surface area contributed by atoms with Crippen LogP contribution >= 0.6 is 35.0 Å². The van der Waals surface area contributed by atoms with Crippen molar-refractivity contribution in [1.29, 1.82) is 0 Å². The van der Waals surface area contributed by atoms with Crippen molar-refractivity contribution in [3.8, 4) is 0 Å². The van der Waals surface area contributed by atoms with Gasteiger partial charge in [0.25, 0.3) is 5.56 Å². The summed E-state index contributed by atoms with van der Waals surface area (Å²) in [7, 11) is 0. The Labute approximate surface area is 154 Å². The van der Waals surface area contributed by atoms with Gasteiger partial charge in [0.2, 0.25) is 0 Å². The van der Waals surface area contributed by atoms with E-state index in [0.717, 1.165) is 33.6 Å². The van der Waals surface area contributed by atoms with Crippen LogP contribution in [0.1, 0.15) is 13.3 Å². The zero-order chi connectivity index (χ0) is 16.9. The molecule has 124 valence electrons. The molecule has 0 bridgehead atoms. The van der Waals surface area contributed by atoms with E-state index in [2.05, 4.69) is 0 Å². The lowest BCUT2D eigenvalue weighted by Gasteiger charge is -2.12. The Morgan fingerprint density at radius 2 is 1.96 bits per heavy atom. The maximum atomic E-state index is 12.9. The van der Waals surface area contributed by atoms with E-state index in [1.165, 1.54) is 0 Å². The largest absolute Gasteiger partial charge is 0.287 e. The molecule has 6 heteroatoms. The van der Waals surface area contributed by atoms with Crippen LogP contribution in [0, 0.1) is 5.92 Å². The van der Waals surface area contributed by atoms with Crippen molar-refractivity contribution >= 4 is 56.6 Å². The first-order valence-corrected chi connectivity index (χ1v) is 9.67. The van der Waals surface area contributed by atoms with Gasteiger partial charge < -0.3 is 0 Å². The van der Waals surface area contributed by atoms with E-state index in [4.69, 9.17) is 28.2 Å². The van der Waals surface area contributed by atoms with Crippen LogP contribution in [-0.2, 0) is 6.54 Å². The predicted octanol–water partition coefficient (Wildman–Crippen LogP) is 4.86. The van der Waals surface area contributed by atoms with Gasteiger partial charge in [-0.05, 0) is 36.2 Å². The lowest BCUT2D eigenvalue weighted by Crippen LogP contribution is -2.22. The number of fused-ring (bicyclic) bond motifs is 2. The van der Waals surface area contributed by atoms with Crippen LogP contribution in [0.15, 0.2) is 46.3 Å². The Morgan fingerprint density at radius 1 is 1.29 bits per heavy atom. The second-order valence-corrected chi connectivity index (χ2v) is 8.66. The van der Waals surface area contributed by atoms with E-state index in [1.807, 2.05) is 43.3 Å². The first kappa shape index (κ1) is 16.2. The van der Waals surface area contributed by atoms with Crippen LogP contribution in [0.3, 0.4) is 0 Å². The summed E-state index contributed by atoms with van der Waals surface area (Å²) in [5.41, 5.74) is 0.749. The zero-order valence-electron chi connectivity index (χ0n) is 13.1. The molecule has 0 N–H and O–H groups in total. The van der Waals surface area contributed by atoms with Crippen LogP contribution in [0.2, 0.25) is 0 Å². The van der Waals surface area contributed by atoms with E-state index >= 15 is 0 Å².